The number of nitrogens with one attached hydrogen (secondary N) is 2. The maximum atomic E-state index is 11.1. The molecule has 20 heavy (non-hydrogen) atoms. The molecule has 9 nitrogen and oxygen atoms in total. The van der Waals surface area contributed by atoms with Crippen LogP contribution in [0.3, 0.4) is 0 Å². The highest BCUT2D eigenvalue weighted by Crippen LogP contribution is 2.28. The summed E-state index contributed by atoms with van der Waals surface area (Å²) in [6.07, 6.45) is 3.78. The molecule has 9 heteroatoms. The van der Waals surface area contributed by atoms with Gasteiger partial charge in [-0.05, 0) is 6.07 Å². The van der Waals surface area contributed by atoms with Crippen molar-refractivity contribution in [2.45, 2.75) is 6.42 Å². The number of rotatable bonds is 6. The Morgan fingerprint density at radius 2 is 2.15 bits per heavy atom. The molecule has 0 atom stereocenters. The number of nitrogens with zero attached hydrogens (tertiary/aromatic N) is 5. The minimum Gasteiger partial charge on any atom is -0.367 e. The zero-order chi connectivity index (χ0) is 14.5. The zero-order valence-electron chi connectivity index (χ0n) is 11.2. The molecule has 2 heterocycles. The first-order valence-electron chi connectivity index (χ1n) is 6.01. The number of aryl methyl sites for hydroxylation is 1. The van der Waals surface area contributed by atoms with Gasteiger partial charge >= 0.3 is 5.69 Å². The van der Waals surface area contributed by atoms with Crippen LogP contribution >= 0.6 is 0 Å². The van der Waals surface area contributed by atoms with E-state index in [0.29, 0.717) is 13.0 Å². The Kier molecular flexibility index (Phi) is 4.08. The predicted molar refractivity (Wildman–Crippen MR) is 73.6 cm³/mol. The molecule has 2 N–H and O–H groups in total. The van der Waals surface area contributed by atoms with Crippen molar-refractivity contribution < 1.29 is 4.92 Å². The van der Waals surface area contributed by atoms with Gasteiger partial charge in [-0.25, -0.2) is 9.97 Å². The maximum Gasteiger partial charge on any atom is 0.353 e. The van der Waals surface area contributed by atoms with Crippen molar-refractivity contribution in [2.24, 2.45) is 7.05 Å². The maximum absolute atomic E-state index is 11.1. The molecule has 0 radical (unpaired) electrons. The van der Waals surface area contributed by atoms with Crippen molar-refractivity contribution in [3.63, 3.8) is 0 Å². The summed E-state index contributed by atoms with van der Waals surface area (Å²) in [5, 5.41) is 20.9. The largest absolute Gasteiger partial charge is 0.367 e. The minimum absolute atomic E-state index is 0.156. The Bertz CT molecular complexity index is 611. The molecule has 106 valence electrons. The Morgan fingerprint density at radius 1 is 1.40 bits per heavy atom. The summed E-state index contributed by atoms with van der Waals surface area (Å²) in [5.74, 6) is 0.385. The number of aromatic nitrogens is 4. The summed E-state index contributed by atoms with van der Waals surface area (Å²) in [5.41, 5.74) is 0.751. The van der Waals surface area contributed by atoms with E-state index < -0.39 is 4.92 Å². The molecular formula is C11H15N7O2. The molecule has 0 bridgehead atoms. The van der Waals surface area contributed by atoms with E-state index in [1.165, 1.54) is 6.33 Å². The van der Waals surface area contributed by atoms with E-state index in [0.717, 1.165) is 5.69 Å². The summed E-state index contributed by atoms with van der Waals surface area (Å²) in [7, 11) is 3.42. The third kappa shape index (κ3) is 2.99. The van der Waals surface area contributed by atoms with Crippen molar-refractivity contribution in [2.75, 3.05) is 24.2 Å². The molecule has 0 spiro atoms. The van der Waals surface area contributed by atoms with E-state index in [-0.39, 0.29) is 17.3 Å². The van der Waals surface area contributed by atoms with Gasteiger partial charge in [0, 0.05) is 33.3 Å². The van der Waals surface area contributed by atoms with E-state index in [9.17, 15) is 10.1 Å². The summed E-state index contributed by atoms with van der Waals surface area (Å²) in [6.45, 7) is 0.498. The van der Waals surface area contributed by atoms with Crippen LogP contribution in [0.5, 0.6) is 0 Å². The third-order valence-electron chi connectivity index (χ3n) is 2.68. The van der Waals surface area contributed by atoms with Gasteiger partial charge in [0.05, 0.1) is 10.6 Å². The van der Waals surface area contributed by atoms with Gasteiger partial charge < -0.3 is 10.6 Å². The fourth-order valence-electron chi connectivity index (χ4n) is 1.77. The molecule has 0 aliphatic heterocycles. The van der Waals surface area contributed by atoms with Crippen LogP contribution in [-0.4, -0.2) is 38.3 Å². The van der Waals surface area contributed by atoms with Crippen LogP contribution in [0.15, 0.2) is 18.6 Å². The Hall–Kier alpha value is -2.71. The summed E-state index contributed by atoms with van der Waals surface area (Å²) >= 11 is 0. The summed E-state index contributed by atoms with van der Waals surface area (Å²) in [4.78, 5) is 18.3. The Labute approximate surface area is 115 Å². The molecule has 0 saturated carbocycles. The van der Waals surface area contributed by atoms with Crippen molar-refractivity contribution in [3.8, 4) is 0 Å². The lowest BCUT2D eigenvalue weighted by Gasteiger charge is -2.07. The fourth-order valence-corrected chi connectivity index (χ4v) is 1.77. The second-order valence-corrected chi connectivity index (χ2v) is 4.08. The summed E-state index contributed by atoms with van der Waals surface area (Å²) in [6, 6.07) is 1.90. The SMILES string of the molecule is CNc1ncnc(NCCc2ccn(C)n2)c1[N+](=O)[O-]. The van der Waals surface area contributed by atoms with Gasteiger partial charge in [-0.3, -0.25) is 14.8 Å². The first kappa shape index (κ1) is 13.7. The van der Waals surface area contributed by atoms with Gasteiger partial charge in [-0.2, -0.15) is 5.10 Å². The molecular weight excluding hydrogens is 262 g/mol. The van der Waals surface area contributed by atoms with Crippen LogP contribution in [0.25, 0.3) is 0 Å². The molecule has 0 unspecified atom stereocenters. The van der Waals surface area contributed by atoms with Crippen LogP contribution in [0.4, 0.5) is 17.3 Å². The number of anilines is 2. The number of nitro groups is 1. The van der Waals surface area contributed by atoms with Crippen molar-refractivity contribution in [1.82, 2.24) is 19.7 Å². The monoisotopic (exact) mass is 277 g/mol. The molecule has 0 aliphatic rings. The highest BCUT2D eigenvalue weighted by molar-refractivity contribution is 5.68. The lowest BCUT2D eigenvalue weighted by atomic mass is 10.3. The fraction of sp³-hybridized carbons (Fsp3) is 0.364. The Balaban J connectivity index is 2.07. The molecule has 0 aromatic carbocycles. The van der Waals surface area contributed by atoms with E-state index in [4.69, 9.17) is 0 Å². The van der Waals surface area contributed by atoms with E-state index in [1.807, 2.05) is 19.3 Å². The van der Waals surface area contributed by atoms with Gasteiger partial charge in [0.15, 0.2) is 0 Å². The standard InChI is InChI=1S/C11H15N7O2/c1-12-10-9(18(19)20)11(15-7-14-10)13-5-3-8-4-6-17(2)16-8/h4,6-7H,3,5H2,1-2H3,(H2,12,13,14,15). The highest BCUT2D eigenvalue weighted by atomic mass is 16.6. The minimum atomic E-state index is -0.505. The molecule has 0 aliphatic carbocycles. The van der Waals surface area contributed by atoms with Gasteiger partial charge in [0.1, 0.15) is 6.33 Å². The second kappa shape index (κ2) is 5.95. The smallest absolute Gasteiger partial charge is 0.353 e. The lowest BCUT2D eigenvalue weighted by Crippen LogP contribution is -2.11. The summed E-state index contributed by atoms with van der Waals surface area (Å²) < 4.78 is 1.71. The van der Waals surface area contributed by atoms with Gasteiger partial charge in [0.25, 0.3) is 0 Å². The van der Waals surface area contributed by atoms with Crippen LogP contribution < -0.4 is 10.6 Å². The molecule has 0 amide bonds. The van der Waals surface area contributed by atoms with Gasteiger partial charge in [-0.15, -0.1) is 0 Å². The molecule has 0 fully saturated rings. The van der Waals surface area contributed by atoms with Crippen molar-refractivity contribution in [3.05, 3.63) is 34.4 Å². The first-order chi connectivity index (χ1) is 9.61. The van der Waals surface area contributed by atoms with E-state index in [1.54, 1.807) is 11.7 Å². The first-order valence-corrected chi connectivity index (χ1v) is 6.01. The normalized spacial score (nSPS) is 10.3. The number of hydrogen-bond donors (Lipinski definition) is 2. The van der Waals surface area contributed by atoms with E-state index >= 15 is 0 Å². The molecule has 2 aromatic rings. The third-order valence-corrected chi connectivity index (χ3v) is 2.68. The topological polar surface area (TPSA) is 111 Å². The van der Waals surface area contributed by atoms with Gasteiger partial charge in [0.2, 0.25) is 11.6 Å². The van der Waals surface area contributed by atoms with Gasteiger partial charge in [-0.1, -0.05) is 0 Å². The second-order valence-electron chi connectivity index (χ2n) is 4.08. The zero-order valence-corrected chi connectivity index (χ0v) is 11.2. The average Bonchev–Trinajstić information content (AvgIpc) is 2.83. The molecule has 2 aromatic heterocycles. The quantitative estimate of drug-likeness (QED) is 0.593. The van der Waals surface area contributed by atoms with Crippen LogP contribution in [0.2, 0.25) is 0 Å². The highest BCUT2D eigenvalue weighted by Gasteiger charge is 2.21. The van der Waals surface area contributed by atoms with Crippen molar-refractivity contribution in [1.29, 1.82) is 0 Å². The molecule has 0 saturated heterocycles. The van der Waals surface area contributed by atoms with E-state index in [2.05, 4.69) is 25.7 Å². The van der Waals surface area contributed by atoms with Crippen LogP contribution in [-0.2, 0) is 13.5 Å². The van der Waals surface area contributed by atoms with Crippen molar-refractivity contribution >= 4 is 17.3 Å². The number of hydrogen-bond acceptors (Lipinski definition) is 7. The average molecular weight is 277 g/mol. The predicted octanol–water partition coefficient (Wildman–Crippen LogP) is 0.815. The molecule has 2 rings (SSSR count). The lowest BCUT2D eigenvalue weighted by molar-refractivity contribution is -0.383. The van der Waals surface area contributed by atoms with Crippen LogP contribution in [0, 0.1) is 10.1 Å². The van der Waals surface area contributed by atoms with Crippen LogP contribution in [0.1, 0.15) is 5.69 Å². The Morgan fingerprint density at radius 3 is 2.75 bits per heavy atom.